The van der Waals surface area contributed by atoms with E-state index in [1.165, 1.54) is 19.4 Å². The molecule has 0 saturated carbocycles. The Morgan fingerprint density at radius 2 is 2.41 bits per heavy atom. The number of ether oxygens (including phenoxy) is 2. The fourth-order valence-electron chi connectivity index (χ4n) is 1.56. The lowest BCUT2D eigenvalue weighted by atomic mass is 10.3. The molecule has 0 bridgehead atoms. The number of aliphatic imine (C=N–C) groups is 1. The topological polar surface area (TPSA) is 47.9 Å². The number of hydrogen-bond acceptors (Lipinski definition) is 6. The average molecular weight is 349 g/mol. The second kappa shape index (κ2) is 14.0. The highest BCUT2D eigenvalue weighted by molar-refractivity contribution is 8.04. The van der Waals surface area contributed by atoms with Crippen molar-refractivity contribution in [1.82, 2.24) is 0 Å². The number of hydrogen-bond donors (Lipinski definition) is 0. The molecule has 6 heteroatoms. The second-order valence-electron chi connectivity index (χ2n) is 4.87. The molecule has 1 fully saturated rings. The van der Waals surface area contributed by atoms with Gasteiger partial charge in [0, 0.05) is 30.4 Å². The maximum absolute atomic E-state index is 11.6. The van der Waals surface area contributed by atoms with E-state index >= 15 is 0 Å². The predicted octanol–water partition coefficient (Wildman–Crippen LogP) is 3.81. The summed E-state index contributed by atoms with van der Waals surface area (Å²) in [5, 5.41) is 0.370. The molecule has 1 rings (SSSR count). The number of rotatable bonds is 9. The van der Waals surface area contributed by atoms with Crippen molar-refractivity contribution in [2.75, 3.05) is 37.0 Å². The van der Waals surface area contributed by atoms with Gasteiger partial charge in [0.1, 0.15) is 6.61 Å². The third-order valence-corrected chi connectivity index (χ3v) is 5.59. The Bertz CT molecular complexity index is 354. The molecule has 128 valence electrons. The summed E-state index contributed by atoms with van der Waals surface area (Å²) in [6.07, 6.45) is 3.89. The summed E-state index contributed by atoms with van der Waals surface area (Å²) in [5.74, 6) is 2.79. The fourth-order valence-corrected chi connectivity index (χ4v) is 3.97. The van der Waals surface area contributed by atoms with Gasteiger partial charge in [-0.05, 0) is 6.42 Å². The van der Waals surface area contributed by atoms with Crippen LogP contribution >= 0.6 is 23.5 Å². The molecule has 0 radical (unpaired) electrons. The van der Waals surface area contributed by atoms with Gasteiger partial charge in [0.05, 0.1) is 13.0 Å². The van der Waals surface area contributed by atoms with Gasteiger partial charge in [0.15, 0.2) is 6.40 Å². The second-order valence-corrected chi connectivity index (χ2v) is 7.19. The van der Waals surface area contributed by atoms with Crippen LogP contribution in [-0.4, -0.2) is 54.6 Å². The molecule has 1 atom stereocenters. The van der Waals surface area contributed by atoms with Crippen LogP contribution in [0.2, 0.25) is 0 Å². The zero-order chi connectivity index (χ0) is 17.3. The summed E-state index contributed by atoms with van der Waals surface area (Å²) in [7, 11) is 1.25. The van der Waals surface area contributed by atoms with Crippen molar-refractivity contribution in [3.8, 4) is 0 Å². The van der Waals surface area contributed by atoms with E-state index in [1.807, 2.05) is 23.5 Å². The zero-order valence-electron chi connectivity index (χ0n) is 14.7. The summed E-state index contributed by atoms with van der Waals surface area (Å²) in [6, 6.07) is 0. The van der Waals surface area contributed by atoms with Crippen LogP contribution in [0, 0.1) is 0 Å². The lowest BCUT2D eigenvalue weighted by Crippen LogP contribution is -2.19. The first-order chi connectivity index (χ1) is 11.2. The van der Waals surface area contributed by atoms with Crippen LogP contribution in [0.5, 0.6) is 0 Å². The number of nitrogens with zero attached hydrogens (tertiary/aromatic N) is 1. The highest BCUT2D eigenvalue weighted by Crippen LogP contribution is 2.25. The van der Waals surface area contributed by atoms with Gasteiger partial charge in [-0.15, -0.1) is 11.8 Å². The highest BCUT2D eigenvalue weighted by Gasteiger charge is 2.16. The Morgan fingerprint density at radius 1 is 1.59 bits per heavy atom. The Kier molecular flexibility index (Phi) is 12.4. The number of carbonyl (C=O) groups excluding carboxylic acids is 1. The standard InChI is InChI=1S/C15H25NO3S2.CH4/c1-3-4-6-16-12-18-7-5-15(17)19-8-14-11-20-9-13(2)10-21-14;/h12,14H,2-11H2,1H3;1H4/i;1D. The van der Waals surface area contributed by atoms with Crippen molar-refractivity contribution in [2.45, 2.75) is 38.8 Å². The Balaban J connectivity index is 0.00000232. The van der Waals surface area contributed by atoms with Gasteiger partial charge in [-0.2, -0.15) is 11.8 Å². The molecule has 0 spiro atoms. The van der Waals surface area contributed by atoms with Gasteiger partial charge < -0.3 is 9.47 Å². The molecule has 0 aromatic rings. The Labute approximate surface area is 144 Å². The third-order valence-electron chi connectivity index (χ3n) is 2.78. The summed E-state index contributed by atoms with van der Waals surface area (Å²) in [6.45, 7) is 7.71. The predicted molar refractivity (Wildman–Crippen MR) is 99.2 cm³/mol. The minimum atomic E-state index is -0.203. The highest BCUT2D eigenvalue weighted by atomic mass is 32.2. The first-order valence-electron chi connectivity index (χ1n) is 8.34. The van der Waals surface area contributed by atoms with E-state index in [1.54, 1.807) is 0 Å². The summed E-state index contributed by atoms with van der Waals surface area (Å²) < 4.78 is 16.2. The first kappa shape index (κ1) is 19.4. The lowest BCUT2D eigenvalue weighted by molar-refractivity contribution is -0.144. The van der Waals surface area contributed by atoms with Crippen molar-refractivity contribution in [3.63, 3.8) is 0 Å². The largest absolute Gasteiger partial charge is 0.483 e. The maximum atomic E-state index is 11.6. The van der Waals surface area contributed by atoms with E-state index in [-0.39, 0.29) is 12.4 Å². The van der Waals surface area contributed by atoms with E-state index in [0.29, 0.717) is 18.5 Å². The third kappa shape index (κ3) is 11.0. The molecule has 0 aromatic carbocycles. The van der Waals surface area contributed by atoms with Crippen LogP contribution in [0.3, 0.4) is 0 Å². The molecule has 1 saturated heterocycles. The van der Waals surface area contributed by atoms with Gasteiger partial charge >= 0.3 is 5.97 Å². The first-order valence-corrected chi connectivity index (χ1v) is 9.54. The van der Waals surface area contributed by atoms with Crippen molar-refractivity contribution in [3.05, 3.63) is 12.2 Å². The minimum Gasteiger partial charge on any atom is -0.483 e. The van der Waals surface area contributed by atoms with Gasteiger partial charge in [0.2, 0.25) is 0 Å². The Morgan fingerprint density at radius 3 is 3.18 bits per heavy atom. The average Bonchev–Trinajstić information content (AvgIpc) is 2.78. The number of carbonyl (C=O) groups is 1. The molecular formula is C16H29NO3S2. The molecule has 1 heterocycles. The molecule has 0 N–H and O–H groups in total. The molecule has 4 nitrogen and oxygen atoms in total. The van der Waals surface area contributed by atoms with Gasteiger partial charge in [-0.3, -0.25) is 9.79 Å². The van der Waals surface area contributed by atoms with Crippen molar-refractivity contribution in [1.29, 1.82) is 0 Å². The maximum Gasteiger partial charge on any atom is 0.309 e. The van der Waals surface area contributed by atoms with Gasteiger partial charge in [-0.25, -0.2) is 0 Å². The van der Waals surface area contributed by atoms with Crippen LogP contribution in [0.15, 0.2) is 17.1 Å². The van der Waals surface area contributed by atoms with Crippen LogP contribution in [0.1, 0.15) is 35.0 Å². The van der Waals surface area contributed by atoms with Crippen LogP contribution in [0.25, 0.3) is 0 Å². The Hall–Kier alpha value is -0.620. The van der Waals surface area contributed by atoms with E-state index in [2.05, 4.69) is 18.5 Å². The molecular weight excluding hydrogens is 318 g/mol. The zero-order valence-corrected chi connectivity index (χ0v) is 15.3. The van der Waals surface area contributed by atoms with Gasteiger partial charge in [0.25, 0.3) is 0 Å². The SMILES string of the molecule is C=C1CSCC(COC(=O)CCOC=NCCCC)SC1.[2H]C. The van der Waals surface area contributed by atoms with Crippen molar-refractivity contribution >= 4 is 35.9 Å². The van der Waals surface area contributed by atoms with Crippen molar-refractivity contribution in [2.24, 2.45) is 4.99 Å². The minimum absolute atomic E-state index is 0.203. The number of thioether (sulfide) groups is 2. The van der Waals surface area contributed by atoms with E-state index in [9.17, 15) is 4.79 Å². The van der Waals surface area contributed by atoms with Crippen LogP contribution < -0.4 is 0 Å². The van der Waals surface area contributed by atoms with E-state index in [0.717, 1.165) is 36.6 Å². The molecule has 0 amide bonds. The van der Waals surface area contributed by atoms with Gasteiger partial charge in [-0.1, -0.05) is 32.9 Å². The summed E-state index contributed by atoms with van der Waals surface area (Å²) in [4.78, 5) is 15.7. The molecule has 1 aliphatic heterocycles. The molecule has 1 unspecified atom stereocenters. The van der Waals surface area contributed by atoms with E-state index < -0.39 is 0 Å². The lowest BCUT2D eigenvalue weighted by Gasteiger charge is -2.13. The summed E-state index contributed by atoms with van der Waals surface area (Å²) >= 11 is 3.68. The smallest absolute Gasteiger partial charge is 0.309 e. The monoisotopic (exact) mass is 348 g/mol. The molecule has 1 aliphatic rings. The fraction of sp³-hybridized carbons (Fsp3) is 0.750. The molecule has 22 heavy (non-hydrogen) atoms. The van der Waals surface area contributed by atoms with Crippen LogP contribution in [-0.2, 0) is 14.3 Å². The van der Waals surface area contributed by atoms with E-state index in [4.69, 9.17) is 10.8 Å². The quantitative estimate of drug-likeness (QED) is 0.208. The molecule has 0 aliphatic carbocycles. The normalized spacial score (nSPS) is 18.9. The summed E-state index contributed by atoms with van der Waals surface area (Å²) in [5.41, 5.74) is 1.26. The van der Waals surface area contributed by atoms with Crippen LogP contribution in [0.4, 0.5) is 0 Å². The number of unbranched alkanes of at least 4 members (excludes halogenated alkanes) is 1. The number of esters is 1. The van der Waals surface area contributed by atoms with Crippen molar-refractivity contribution < 1.29 is 15.6 Å². The molecule has 0 aromatic heterocycles.